The number of ether oxygens (including phenoxy) is 2. The molecule has 0 atom stereocenters. The van der Waals surface area contributed by atoms with Gasteiger partial charge < -0.3 is 20.9 Å². The van der Waals surface area contributed by atoms with Gasteiger partial charge in [-0.1, -0.05) is 0 Å². The first-order chi connectivity index (χ1) is 22.0. The predicted molar refractivity (Wildman–Crippen MR) is 155 cm³/mol. The van der Waals surface area contributed by atoms with Gasteiger partial charge in [0.2, 0.25) is 5.78 Å². The highest BCUT2D eigenvalue weighted by atomic mass is 16.5. The van der Waals surface area contributed by atoms with Crippen molar-refractivity contribution >= 4 is 52.7 Å². The number of ketones is 1. The van der Waals surface area contributed by atoms with Crippen molar-refractivity contribution in [2.24, 2.45) is 34.6 Å². The van der Waals surface area contributed by atoms with Gasteiger partial charge in [0, 0.05) is 14.1 Å². The molecule has 5 aromatic rings. The highest BCUT2D eigenvalue weighted by molar-refractivity contribution is 6.34. The molecular weight excluding hydrogens is 606 g/mol. The lowest BCUT2D eigenvalue weighted by Crippen LogP contribution is -2.14. The number of aromatic nitrogens is 11. The van der Waals surface area contributed by atoms with Gasteiger partial charge in [-0.2, -0.15) is 44.7 Å². The minimum atomic E-state index is -0.812. The number of hydrogen-bond donors (Lipinski definition) is 2. The van der Waals surface area contributed by atoms with Crippen LogP contribution in [-0.2, 0) is 23.6 Å². The fourth-order valence-corrected chi connectivity index (χ4v) is 4.03. The molecule has 0 aliphatic heterocycles. The molecule has 0 saturated heterocycles. The average molecular weight is 632 g/mol. The van der Waals surface area contributed by atoms with Gasteiger partial charge in [0.25, 0.3) is 11.9 Å². The van der Waals surface area contributed by atoms with Crippen LogP contribution in [0.1, 0.15) is 32.1 Å². The molecule has 5 aromatic heterocycles. The van der Waals surface area contributed by atoms with E-state index in [0.29, 0.717) is 11.4 Å². The van der Waals surface area contributed by atoms with E-state index in [0.717, 1.165) is 0 Å². The molecular formula is C24H25N17O5. The lowest BCUT2D eigenvalue weighted by molar-refractivity contribution is -0.104. The Bertz CT molecular complexity index is 2060. The van der Waals surface area contributed by atoms with Crippen molar-refractivity contribution in [3.63, 3.8) is 0 Å². The van der Waals surface area contributed by atoms with Gasteiger partial charge in [-0.15, -0.1) is 20.5 Å². The molecule has 5 rings (SSSR count). The van der Waals surface area contributed by atoms with E-state index in [1.165, 1.54) is 52.4 Å². The average Bonchev–Trinajstić information content (AvgIpc) is 3.77. The topological polar surface area (TPSA) is 281 Å². The summed E-state index contributed by atoms with van der Waals surface area (Å²) in [6.45, 7) is 3.24. The van der Waals surface area contributed by atoms with Crippen LogP contribution in [0.25, 0.3) is 11.9 Å². The molecule has 236 valence electrons. The smallest absolute Gasteiger partial charge is 0.343 e. The molecule has 0 fully saturated rings. The summed E-state index contributed by atoms with van der Waals surface area (Å²) in [4.78, 5) is 47.9. The van der Waals surface area contributed by atoms with Crippen LogP contribution in [0.5, 0.6) is 6.01 Å². The third kappa shape index (κ3) is 5.40. The minimum Gasteiger partial charge on any atom is -0.467 e. The lowest BCUT2D eigenvalue weighted by Gasteiger charge is -2.08. The van der Waals surface area contributed by atoms with Crippen molar-refractivity contribution in [2.45, 2.75) is 13.8 Å². The van der Waals surface area contributed by atoms with Crippen LogP contribution in [0.2, 0.25) is 0 Å². The van der Waals surface area contributed by atoms with Crippen molar-refractivity contribution in [3.8, 4) is 17.9 Å². The molecule has 0 radical (unpaired) electrons. The van der Waals surface area contributed by atoms with Crippen molar-refractivity contribution in [3.05, 3.63) is 34.9 Å². The first-order valence-corrected chi connectivity index (χ1v) is 12.9. The van der Waals surface area contributed by atoms with Crippen molar-refractivity contribution in [2.75, 3.05) is 25.7 Å². The quantitative estimate of drug-likeness (QED) is 0.0726. The largest absolute Gasteiger partial charge is 0.467 e. The maximum Gasteiger partial charge on any atom is 0.343 e. The summed E-state index contributed by atoms with van der Waals surface area (Å²) in [5, 5.41) is 33.3. The van der Waals surface area contributed by atoms with Crippen LogP contribution in [-0.4, -0.2) is 86.3 Å². The van der Waals surface area contributed by atoms with E-state index in [1.807, 2.05) is 0 Å². The normalized spacial score (nSPS) is 11.5. The first-order valence-electron chi connectivity index (χ1n) is 12.9. The number of carbonyl (C=O) groups excluding carboxylic acids is 3. The molecule has 0 saturated carbocycles. The SMILES string of the molecule is COC(=O)c1cnn(C)c1N=Nc1c(C)nn(-c2nc(OC)nc(-n3nc(C)c(N=Nc4c(C(=O)C=O)cnn4C)c3N)n2)c1N. The maximum atomic E-state index is 12.1. The number of carbonyl (C=O) groups is 3. The fraction of sp³-hybridized carbons (Fsp3) is 0.250. The number of nitrogens with zero attached hydrogens (tertiary/aromatic N) is 15. The number of nitrogens with two attached hydrogens (primary N) is 2. The third-order valence-corrected chi connectivity index (χ3v) is 6.36. The summed E-state index contributed by atoms with van der Waals surface area (Å²) in [6.07, 6.45) is 2.66. The Morgan fingerprint density at radius 3 is 1.72 bits per heavy atom. The van der Waals surface area contributed by atoms with E-state index in [1.54, 1.807) is 20.9 Å². The number of aryl methyl sites for hydroxylation is 4. The van der Waals surface area contributed by atoms with Crippen LogP contribution in [0.3, 0.4) is 0 Å². The molecule has 0 bridgehead atoms. The van der Waals surface area contributed by atoms with Crippen molar-refractivity contribution < 1.29 is 23.9 Å². The van der Waals surface area contributed by atoms with Crippen LogP contribution in [0, 0.1) is 13.8 Å². The number of rotatable bonds is 10. The van der Waals surface area contributed by atoms with Gasteiger partial charge in [-0.05, 0) is 13.8 Å². The molecule has 5 heterocycles. The lowest BCUT2D eigenvalue weighted by atomic mass is 10.2. The van der Waals surface area contributed by atoms with Gasteiger partial charge in [0.15, 0.2) is 40.9 Å². The number of azo groups is 2. The zero-order chi connectivity index (χ0) is 33.3. The highest BCUT2D eigenvalue weighted by Crippen LogP contribution is 2.33. The third-order valence-electron chi connectivity index (χ3n) is 6.36. The molecule has 46 heavy (non-hydrogen) atoms. The van der Waals surface area contributed by atoms with Crippen molar-refractivity contribution in [1.82, 2.24) is 54.1 Å². The molecule has 22 nitrogen and oxygen atoms in total. The standard InChI is InChI=1S/C24H25N17O5/c1-10-15(32-34-19-12(14(43)9-42)7-27-38(19)3)17(25)40(36-10)22-29-23(31-24(30-22)46-6)41-18(26)16(11(2)37-41)33-35-20-13(21(44)45-5)8-28-39(20)4/h7-9H,25-26H2,1-6H3. The number of Topliss-reactive ketones (excluding diaryl/α,β-unsaturated/α-hetero) is 1. The maximum absolute atomic E-state index is 12.1. The van der Waals surface area contributed by atoms with Gasteiger partial charge in [0.05, 0.1) is 43.6 Å². The number of hydrogen-bond acceptors (Lipinski definition) is 18. The molecule has 22 heteroatoms. The van der Waals surface area contributed by atoms with Crippen LogP contribution in [0.4, 0.5) is 34.6 Å². The summed E-state index contributed by atoms with van der Waals surface area (Å²) < 4.78 is 15.0. The second-order valence-electron chi connectivity index (χ2n) is 9.27. The van der Waals surface area contributed by atoms with Gasteiger partial charge >= 0.3 is 12.0 Å². The zero-order valence-electron chi connectivity index (χ0n) is 25.1. The second-order valence-corrected chi connectivity index (χ2v) is 9.27. The summed E-state index contributed by atoms with van der Waals surface area (Å²) in [7, 11) is 5.69. The van der Waals surface area contributed by atoms with Crippen LogP contribution < -0.4 is 16.2 Å². The molecule has 4 N–H and O–H groups in total. The van der Waals surface area contributed by atoms with E-state index >= 15 is 0 Å². The molecule has 0 unspecified atom stereocenters. The van der Waals surface area contributed by atoms with E-state index in [2.05, 4.69) is 55.8 Å². The Morgan fingerprint density at radius 1 is 0.783 bits per heavy atom. The Balaban J connectivity index is 1.53. The van der Waals surface area contributed by atoms with E-state index in [4.69, 9.17) is 20.9 Å². The van der Waals surface area contributed by atoms with Gasteiger partial charge in [-0.3, -0.25) is 9.59 Å². The van der Waals surface area contributed by atoms with E-state index in [9.17, 15) is 14.4 Å². The number of esters is 1. The van der Waals surface area contributed by atoms with Crippen LogP contribution in [0.15, 0.2) is 32.9 Å². The monoisotopic (exact) mass is 631 g/mol. The van der Waals surface area contributed by atoms with E-state index in [-0.39, 0.29) is 70.0 Å². The Morgan fingerprint density at radius 2 is 1.26 bits per heavy atom. The Labute approximate surface area is 257 Å². The Kier molecular flexibility index (Phi) is 8.08. The number of aldehydes is 1. The van der Waals surface area contributed by atoms with Gasteiger partial charge in [-0.25, -0.2) is 14.2 Å². The van der Waals surface area contributed by atoms with E-state index < -0.39 is 11.8 Å². The number of methoxy groups -OCH3 is 2. The molecule has 0 aliphatic rings. The number of nitrogen functional groups attached to an aromatic ring is 2. The summed E-state index contributed by atoms with van der Waals surface area (Å²) in [5.74, 6) is -1.48. The fourth-order valence-electron chi connectivity index (χ4n) is 4.03. The molecule has 0 aliphatic carbocycles. The molecule has 0 aromatic carbocycles. The number of anilines is 2. The van der Waals surface area contributed by atoms with Gasteiger partial charge in [0.1, 0.15) is 5.56 Å². The summed E-state index contributed by atoms with van der Waals surface area (Å²) >= 11 is 0. The molecule has 0 spiro atoms. The second kappa shape index (κ2) is 12.1. The molecule has 0 amide bonds. The summed E-state index contributed by atoms with van der Waals surface area (Å²) in [5.41, 5.74) is 13.8. The highest BCUT2D eigenvalue weighted by Gasteiger charge is 2.23. The Hall–Kier alpha value is -6.74. The zero-order valence-corrected chi connectivity index (χ0v) is 25.1. The van der Waals surface area contributed by atoms with Crippen LogP contribution >= 0.6 is 0 Å². The summed E-state index contributed by atoms with van der Waals surface area (Å²) in [6, 6.07) is -0.129. The first kappa shape index (κ1) is 30.7. The van der Waals surface area contributed by atoms with Crippen molar-refractivity contribution in [1.29, 1.82) is 0 Å². The predicted octanol–water partition coefficient (Wildman–Crippen LogP) is 1.50. The minimum absolute atomic E-state index is 0.00167.